The van der Waals surface area contributed by atoms with Crippen molar-refractivity contribution in [3.05, 3.63) is 53.6 Å². The molecule has 0 bridgehead atoms. The quantitative estimate of drug-likeness (QED) is 0.355. The molecule has 2 aromatic carbocycles. The SMILES string of the molecule is CCNC(=NCC(O)c1cccc(OC)c1)NCCc1ccc(OCC)c(OCC)c1. The van der Waals surface area contributed by atoms with E-state index in [1.807, 2.05) is 63.2 Å². The van der Waals surface area contributed by atoms with Gasteiger partial charge < -0.3 is 30.0 Å². The molecule has 0 heterocycles. The van der Waals surface area contributed by atoms with Gasteiger partial charge in [-0.05, 0) is 62.6 Å². The Balaban J connectivity index is 1.94. The molecule has 2 rings (SSSR count). The number of nitrogens with zero attached hydrogens (tertiary/aromatic N) is 1. The molecular weight excluding hydrogens is 394 g/mol. The van der Waals surface area contributed by atoms with Gasteiger partial charge in [0.15, 0.2) is 17.5 Å². The zero-order valence-corrected chi connectivity index (χ0v) is 19.0. The molecule has 0 amide bonds. The molecule has 0 radical (unpaired) electrons. The number of benzene rings is 2. The Kier molecular flexibility index (Phi) is 10.5. The summed E-state index contributed by atoms with van der Waals surface area (Å²) in [5.74, 6) is 2.92. The van der Waals surface area contributed by atoms with E-state index < -0.39 is 6.10 Å². The fourth-order valence-corrected chi connectivity index (χ4v) is 3.05. The Morgan fingerprint density at radius 2 is 1.77 bits per heavy atom. The van der Waals surface area contributed by atoms with Crippen LogP contribution in [0.1, 0.15) is 38.0 Å². The smallest absolute Gasteiger partial charge is 0.191 e. The van der Waals surface area contributed by atoms with Crippen LogP contribution in [0.5, 0.6) is 17.2 Å². The van der Waals surface area contributed by atoms with Crippen molar-refractivity contribution >= 4 is 5.96 Å². The van der Waals surface area contributed by atoms with Gasteiger partial charge >= 0.3 is 0 Å². The van der Waals surface area contributed by atoms with E-state index in [9.17, 15) is 5.11 Å². The molecule has 1 unspecified atom stereocenters. The minimum Gasteiger partial charge on any atom is -0.497 e. The van der Waals surface area contributed by atoms with Crippen molar-refractivity contribution in [2.75, 3.05) is 40.0 Å². The number of hydrogen-bond acceptors (Lipinski definition) is 5. The molecule has 7 nitrogen and oxygen atoms in total. The Labute approximate surface area is 185 Å². The second-order valence-electron chi connectivity index (χ2n) is 6.84. The van der Waals surface area contributed by atoms with Gasteiger partial charge in [0.05, 0.1) is 33.0 Å². The fraction of sp³-hybridized carbons (Fsp3) is 0.458. The van der Waals surface area contributed by atoms with Gasteiger partial charge in [-0.1, -0.05) is 18.2 Å². The first-order valence-corrected chi connectivity index (χ1v) is 10.8. The van der Waals surface area contributed by atoms with E-state index in [2.05, 4.69) is 15.6 Å². The molecule has 0 aliphatic carbocycles. The van der Waals surface area contributed by atoms with Gasteiger partial charge in [0.1, 0.15) is 5.75 Å². The summed E-state index contributed by atoms with van der Waals surface area (Å²) in [6.45, 7) is 8.80. The van der Waals surface area contributed by atoms with Crippen molar-refractivity contribution in [3.8, 4) is 17.2 Å². The monoisotopic (exact) mass is 429 g/mol. The van der Waals surface area contributed by atoms with Gasteiger partial charge in [0.2, 0.25) is 0 Å². The Morgan fingerprint density at radius 3 is 2.48 bits per heavy atom. The molecule has 2 aromatic rings. The molecule has 0 fully saturated rings. The normalized spacial score (nSPS) is 12.2. The van der Waals surface area contributed by atoms with Gasteiger partial charge in [-0.2, -0.15) is 0 Å². The van der Waals surface area contributed by atoms with Gasteiger partial charge in [-0.15, -0.1) is 0 Å². The number of aliphatic hydroxyl groups is 1. The summed E-state index contributed by atoms with van der Waals surface area (Å²) >= 11 is 0. The van der Waals surface area contributed by atoms with E-state index in [1.54, 1.807) is 7.11 Å². The Hall–Kier alpha value is -2.93. The standard InChI is InChI=1S/C24H35N3O4/c1-5-25-24(27-17-21(28)19-9-8-10-20(16-19)29-4)26-14-13-18-11-12-22(30-6-2)23(15-18)31-7-3/h8-12,15-16,21,28H,5-7,13-14,17H2,1-4H3,(H2,25,26,27). The molecule has 3 N–H and O–H groups in total. The predicted octanol–water partition coefficient (Wildman–Crippen LogP) is 3.32. The molecule has 0 spiro atoms. The van der Waals surface area contributed by atoms with Gasteiger partial charge in [0, 0.05) is 13.1 Å². The summed E-state index contributed by atoms with van der Waals surface area (Å²) in [7, 11) is 1.61. The average molecular weight is 430 g/mol. The van der Waals surface area contributed by atoms with Crippen molar-refractivity contribution < 1.29 is 19.3 Å². The molecule has 0 saturated carbocycles. The summed E-state index contributed by atoms with van der Waals surface area (Å²) in [5, 5.41) is 17.0. The molecule has 0 aromatic heterocycles. The van der Waals surface area contributed by atoms with Crippen LogP contribution in [0.25, 0.3) is 0 Å². The molecule has 7 heteroatoms. The zero-order chi connectivity index (χ0) is 22.5. The zero-order valence-electron chi connectivity index (χ0n) is 19.0. The third-order valence-electron chi connectivity index (χ3n) is 4.56. The van der Waals surface area contributed by atoms with E-state index in [1.165, 1.54) is 0 Å². The Morgan fingerprint density at radius 1 is 1.00 bits per heavy atom. The lowest BCUT2D eigenvalue weighted by atomic mass is 10.1. The fourth-order valence-electron chi connectivity index (χ4n) is 3.05. The maximum absolute atomic E-state index is 10.5. The van der Waals surface area contributed by atoms with Crippen LogP contribution in [-0.2, 0) is 6.42 Å². The summed E-state index contributed by atoms with van der Waals surface area (Å²) in [6.07, 6.45) is 0.0976. The number of guanidine groups is 1. The number of nitrogens with one attached hydrogen (secondary N) is 2. The predicted molar refractivity (Wildman–Crippen MR) is 124 cm³/mol. The topological polar surface area (TPSA) is 84.3 Å². The number of hydrogen-bond donors (Lipinski definition) is 3. The summed E-state index contributed by atoms with van der Waals surface area (Å²) < 4.78 is 16.5. The van der Waals surface area contributed by atoms with E-state index >= 15 is 0 Å². The lowest BCUT2D eigenvalue weighted by Gasteiger charge is -2.15. The summed E-state index contributed by atoms with van der Waals surface area (Å²) in [4.78, 5) is 4.52. The largest absolute Gasteiger partial charge is 0.497 e. The van der Waals surface area contributed by atoms with E-state index in [-0.39, 0.29) is 6.54 Å². The highest BCUT2D eigenvalue weighted by Crippen LogP contribution is 2.28. The van der Waals surface area contributed by atoms with Crippen LogP contribution in [0.3, 0.4) is 0 Å². The number of ether oxygens (including phenoxy) is 3. The van der Waals surface area contributed by atoms with Crippen LogP contribution in [0.15, 0.2) is 47.5 Å². The molecule has 1 atom stereocenters. The Bertz CT molecular complexity index is 826. The molecule has 0 aliphatic rings. The number of methoxy groups -OCH3 is 1. The molecule has 170 valence electrons. The van der Waals surface area contributed by atoms with E-state index in [0.717, 1.165) is 35.6 Å². The molecular formula is C24H35N3O4. The highest BCUT2D eigenvalue weighted by Gasteiger charge is 2.09. The minimum absolute atomic E-state index is 0.250. The van der Waals surface area contributed by atoms with Crippen LogP contribution >= 0.6 is 0 Å². The first kappa shape index (κ1) is 24.3. The lowest BCUT2D eigenvalue weighted by molar-refractivity contribution is 0.186. The third kappa shape index (κ3) is 8.02. The summed E-state index contributed by atoms with van der Waals surface area (Å²) in [6, 6.07) is 13.4. The van der Waals surface area contributed by atoms with E-state index in [0.29, 0.717) is 31.5 Å². The maximum Gasteiger partial charge on any atom is 0.191 e. The highest BCUT2D eigenvalue weighted by atomic mass is 16.5. The van der Waals surface area contributed by atoms with Crippen molar-refractivity contribution in [2.45, 2.75) is 33.3 Å². The van der Waals surface area contributed by atoms with Crippen molar-refractivity contribution in [1.82, 2.24) is 10.6 Å². The van der Waals surface area contributed by atoms with E-state index in [4.69, 9.17) is 14.2 Å². The third-order valence-corrected chi connectivity index (χ3v) is 4.56. The van der Waals surface area contributed by atoms with Crippen molar-refractivity contribution in [3.63, 3.8) is 0 Å². The highest BCUT2D eigenvalue weighted by molar-refractivity contribution is 5.79. The number of aliphatic imine (C=N–C) groups is 1. The van der Waals surface area contributed by atoms with Crippen molar-refractivity contribution in [1.29, 1.82) is 0 Å². The van der Waals surface area contributed by atoms with Crippen LogP contribution in [0.4, 0.5) is 0 Å². The van der Waals surface area contributed by atoms with Crippen LogP contribution < -0.4 is 24.8 Å². The number of aliphatic hydroxyl groups excluding tert-OH is 1. The van der Waals surface area contributed by atoms with Gasteiger partial charge in [-0.3, -0.25) is 4.99 Å². The minimum atomic E-state index is -0.703. The van der Waals surface area contributed by atoms with Crippen LogP contribution in [-0.4, -0.2) is 51.0 Å². The lowest BCUT2D eigenvalue weighted by Crippen LogP contribution is -2.38. The van der Waals surface area contributed by atoms with Gasteiger partial charge in [0.25, 0.3) is 0 Å². The van der Waals surface area contributed by atoms with Crippen LogP contribution in [0.2, 0.25) is 0 Å². The average Bonchev–Trinajstić information content (AvgIpc) is 2.79. The second kappa shape index (κ2) is 13.4. The summed E-state index contributed by atoms with van der Waals surface area (Å²) in [5.41, 5.74) is 1.92. The molecule has 31 heavy (non-hydrogen) atoms. The second-order valence-corrected chi connectivity index (χ2v) is 6.84. The maximum atomic E-state index is 10.5. The molecule has 0 aliphatic heterocycles. The first-order valence-electron chi connectivity index (χ1n) is 10.8. The first-order chi connectivity index (χ1) is 15.1. The number of rotatable bonds is 12. The van der Waals surface area contributed by atoms with Crippen LogP contribution in [0, 0.1) is 0 Å². The molecule has 0 saturated heterocycles. The van der Waals surface area contributed by atoms with Crippen molar-refractivity contribution in [2.24, 2.45) is 4.99 Å². The van der Waals surface area contributed by atoms with Gasteiger partial charge in [-0.25, -0.2) is 0 Å².